The van der Waals surface area contributed by atoms with E-state index < -0.39 is 5.97 Å². The van der Waals surface area contributed by atoms with Crippen LogP contribution in [0.5, 0.6) is 0 Å². The normalized spacial score (nSPS) is 10.3. The second-order valence-corrected chi connectivity index (χ2v) is 5.32. The second-order valence-electron chi connectivity index (χ2n) is 4.38. The van der Waals surface area contributed by atoms with Crippen LogP contribution in [0.3, 0.4) is 0 Å². The Kier molecular flexibility index (Phi) is 6.10. The zero-order chi connectivity index (χ0) is 16.7. The van der Waals surface area contributed by atoms with Gasteiger partial charge in [0.1, 0.15) is 0 Å². The number of hydrogen-bond donors (Lipinski definition) is 1. The Labute approximate surface area is 137 Å². The SMILES string of the molecule is CCOC(=O)c1ccccc1NC(=O)CSc1nnnn1CC. The maximum Gasteiger partial charge on any atom is 0.340 e. The number of nitrogens with zero attached hydrogens (tertiary/aromatic N) is 4. The largest absolute Gasteiger partial charge is 0.462 e. The van der Waals surface area contributed by atoms with Crippen LogP contribution in [0.25, 0.3) is 0 Å². The Bertz CT molecular complexity index is 689. The molecule has 9 heteroatoms. The first kappa shape index (κ1) is 16.9. The van der Waals surface area contributed by atoms with Crippen LogP contribution in [0.2, 0.25) is 0 Å². The molecule has 0 aliphatic rings. The maximum absolute atomic E-state index is 12.1. The van der Waals surface area contributed by atoms with Gasteiger partial charge in [0.2, 0.25) is 11.1 Å². The molecule has 0 aliphatic carbocycles. The Hall–Kier alpha value is -2.42. The molecule has 0 atom stereocenters. The molecule has 122 valence electrons. The number of ether oxygens (including phenoxy) is 1. The lowest BCUT2D eigenvalue weighted by atomic mass is 10.2. The molecule has 1 amide bonds. The smallest absolute Gasteiger partial charge is 0.340 e. The highest BCUT2D eigenvalue weighted by atomic mass is 32.2. The van der Waals surface area contributed by atoms with E-state index in [0.717, 1.165) is 0 Å². The van der Waals surface area contributed by atoms with Gasteiger partial charge in [0, 0.05) is 6.54 Å². The number of carbonyl (C=O) groups excluding carboxylic acids is 2. The van der Waals surface area contributed by atoms with Crippen LogP contribution in [0.4, 0.5) is 5.69 Å². The summed E-state index contributed by atoms with van der Waals surface area (Å²) in [5.41, 5.74) is 0.748. The molecule has 1 N–H and O–H groups in total. The first-order valence-corrected chi connectivity index (χ1v) is 8.09. The van der Waals surface area contributed by atoms with E-state index in [2.05, 4.69) is 20.8 Å². The van der Waals surface area contributed by atoms with Crippen LogP contribution in [-0.2, 0) is 16.1 Å². The number of thioether (sulfide) groups is 1. The van der Waals surface area contributed by atoms with E-state index in [9.17, 15) is 9.59 Å². The molecule has 0 fully saturated rings. The van der Waals surface area contributed by atoms with Crippen LogP contribution >= 0.6 is 11.8 Å². The van der Waals surface area contributed by atoms with E-state index in [1.807, 2.05) is 6.92 Å². The van der Waals surface area contributed by atoms with Crippen molar-refractivity contribution in [3.05, 3.63) is 29.8 Å². The Morgan fingerprint density at radius 3 is 2.83 bits per heavy atom. The molecule has 0 saturated carbocycles. The minimum absolute atomic E-state index is 0.136. The van der Waals surface area contributed by atoms with Gasteiger partial charge in [0.05, 0.1) is 23.6 Å². The van der Waals surface area contributed by atoms with Crippen LogP contribution in [0.15, 0.2) is 29.4 Å². The fourth-order valence-corrected chi connectivity index (χ4v) is 2.53. The first-order chi connectivity index (χ1) is 11.2. The van der Waals surface area contributed by atoms with Gasteiger partial charge in [-0.1, -0.05) is 23.9 Å². The van der Waals surface area contributed by atoms with E-state index in [0.29, 0.717) is 23.0 Å². The number of benzene rings is 1. The summed E-state index contributed by atoms with van der Waals surface area (Å²) in [5.74, 6) is -0.583. The summed E-state index contributed by atoms with van der Waals surface area (Å²) in [7, 11) is 0. The Balaban J connectivity index is 1.99. The number of amides is 1. The molecule has 23 heavy (non-hydrogen) atoms. The Morgan fingerprint density at radius 2 is 2.09 bits per heavy atom. The lowest BCUT2D eigenvalue weighted by Crippen LogP contribution is -2.17. The number of hydrogen-bond acceptors (Lipinski definition) is 7. The summed E-state index contributed by atoms with van der Waals surface area (Å²) in [5, 5.41) is 14.5. The number of esters is 1. The number of rotatable bonds is 7. The highest BCUT2D eigenvalue weighted by Gasteiger charge is 2.15. The van der Waals surface area contributed by atoms with Gasteiger partial charge in [0.25, 0.3) is 0 Å². The average molecular weight is 335 g/mol. The zero-order valence-electron chi connectivity index (χ0n) is 12.9. The molecule has 0 radical (unpaired) electrons. The van der Waals surface area contributed by atoms with Crippen molar-refractivity contribution in [2.24, 2.45) is 0 Å². The van der Waals surface area contributed by atoms with Crippen molar-refractivity contribution in [1.82, 2.24) is 20.2 Å². The monoisotopic (exact) mass is 335 g/mol. The van der Waals surface area contributed by atoms with Crippen molar-refractivity contribution in [2.75, 3.05) is 17.7 Å². The van der Waals surface area contributed by atoms with Gasteiger partial charge in [-0.2, -0.15) is 0 Å². The molecule has 0 saturated heterocycles. The molecular weight excluding hydrogens is 318 g/mol. The fraction of sp³-hybridized carbons (Fsp3) is 0.357. The first-order valence-electron chi connectivity index (χ1n) is 7.10. The molecule has 1 aromatic heterocycles. The van der Waals surface area contributed by atoms with Crippen molar-refractivity contribution in [3.63, 3.8) is 0 Å². The maximum atomic E-state index is 12.1. The highest BCUT2D eigenvalue weighted by Crippen LogP contribution is 2.18. The average Bonchev–Trinajstić information content (AvgIpc) is 3.01. The summed E-state index contributed by atoms with van der Waals surface area (Å²) >= 11 is 1.23. The third-order valence-electron chi connectivity index (χ3n) is 2.83. The second kappa shape index (κ2) is 8.28. The molecular formula is C14H17N5O3S. The van der Waals surface area contributed by atoms with E-state index in [4.69, 9.17) is 4.74 Å². The molecule has 2 aromatic rings. The Morgan fingerprint density at radius 1 is 1.30 bits per heavy atom. The number of para-hydroxylation sites is 1. The summed E-state index contributed by atoms with van der Waals surface area (Å²) in [6, 6.07) is 6.72. The minimum Gasteiger partial charge on any atom is -0.462 e. The lowest BCUT2D eigenvalue weighted by Gasteiger charge is -2.10. The lowest BCUT2D eigenvalue weighted by molar-refractivity contribution is -0.113. The molecule has 0 aliphatic heterocycles. The molecule has 0 unspecified atom stereocenters. The molecule has 8 nitrogen and oxygen atoms in total. The third-order valence-corrected chi connectivity index (χ3v) is 3.78. The van der Waals surface area contributed by atoms with E-state index >= 15 is 0 Å². The number of anilines is 1. The van der Waals surface area contributed by atoms with Crippen molar-refractivity contribution < 1.29 is 14.3 Å². The predicted octanol–water partition coefficient (Wildman–Crippen LogP) is 1.60. The van der Waals surface area contributed by atoms with Gasteiger partial charge in [-0.25, -0.2) is 9.48 Å². The third kappa shape index (κ3) is 4.52. The summed E-state index contributed by atoms with van der Waals surface area (Å²) in [6.07, 6.45) is 0. The van der Waals surface area contributed by atoms with Gasteiger partial charge in [0.15, 0.2) is 0 Å². The minimum atomic E-state index is -0.467. The molecule has 1 heterocycles. The van der Waals surface area contributed by atoms with Gasteiger partial charge in [-0.3, -0.25) is 4.79 Å². The predicted molar refractivity (Wildman–Crippen MR) is 85.2 cm³/mol. The van der Waals surface area contributed by atoms with E-state index in [-0.39, 0.29) is 18.3 Å². The summed E-state index contributed by atoms with van der Waals surface area (Å²) in [6.45, 7) is 4.54. The standard InChI is InChI=1S/C14H17N5O3S/c1-3-19-14(16-17-18-19)23-9-12(20)15-11-8-6-5-7-10(11)13(21)22-4-2/h5-8H,3-4,9H2,1-2H3,(H,15,20). The number of tetrazole rings is 1. The van der Waals surface area contributed by atoms with E-state index in [1.54, 1.807) is 35.9 Å². The fourth-order valence-electron chi connectivity index (χ4n) is 1.79. The van der Waals surface area contributed by atoms with Crippen molar-refractivity contribution in [3.8, 4) is 0 Å². The van der Waals surface area contributed by atoms with Crippen LogP contribution in [0.1, 0.15) is 24.2 Å². The van der Waals surface area contributed by atoms with Crippen LogP contribution < -0.4 is 5.32 Å². The van der Waals surface area contributed by atoms with Crippen molar-refractivity contribution >= 4 is 29.3 Å². The van der Waals surface area contributed by atoms with Gasteiger partial charge in [-0.15, -0.1) is 5.10 Å². The van der Waals surface area contributed by atoms with Gasteiger partial charge >= 0.3 is 5.97 Å². The molecule has 1 aromatic carbocycles. The van der Waals surface area contributed by atoms with Gasteiger partial charge < -0.3 is 10.1 Å². The van der Waals surface area contributed by atoms with Crippen molar-refractivity contribution in [1.29, 1.82) is 0 Å². The number of nitrogens with one attached hydrogen (secondary N) is 1. The van der Waals surface area contributed by atoms with Crippen molar-refractivity contribution in [2.45, 2.75) is 25.5 Å². The summed E-state index contributed by atoms with van der Waals surface area (Å²) in [4.78, 5) is 23.9. The number of carbonyl (C=O) groups is 2. The highest BCUT2D eigenvalue weighted by molar-refractivity contribution is 7.99. The molecule has 0 spiro atoms. The molecule has 2 rings (SSSR count). The van der Waals surface area contributed by atoms with Crippen LogP contribution in [0, 0.1) is 0 Å². The number of aromatic nitrogens is 4. The molecule has 0 bridgehead atoms. The quantitative estimate of drug-likeness (QED) is 0.606. The summed E-state index contributed by atoms with van der Waals surface area (Å²) < 4.78 is 6.58. The van der Waals surface area contributed by atoms with E-state index in [1.165, 1.54) is 11.8 Å². The number of aryl methyl sites for hydroxylation is 1. The zero-order valence-corrected chi connectivity index (χ0v) is 13.7. The topological polar surface area (TPSA) is 99.0 Å². The van der Waals surface area contributed by atoms with Gasteiger partial charge in [-0.05, 0) is 36.4 Å². The van der Waals surface area contributed by atoms with Crippen LogP contribution in [-0.4, -0.2) is 44.4 Å².